The first-order valence-corrected chi connectivity index (χ1v) is 6.44. The molecule has 0 bridgehead atoms. The maximum atomic E-state index is 12.5. The van der Waals surface area contributed by atoms with E-state index in [4.69, 9.17) is 5.73 Å². The van der Waals surface area contributed by atoms with Gasteiger partial charge in [-0.25, -0.2) is 4.98 Å². The second-order valence-corrected chi connectivity index (χ2v) is 4.94. The van der Waals surface area contributed by atoms with E-state index in [1.807, 2.05) is 19.9 Å². The van der Waals surface area contributed by atoms with Gasteiger partial charge in [0.25, 0.3) is 5.91 Å². The molecule has 2 rings (SSSR count). The molecule has 0 aliphatic carbocycles. The maximum Gasteiger partial charge on any atom is 0.258 e. The monoisotopic (exact) mass is 270 g/mol. The first-order chi connectivity index (χ1) is 9.49. The molecule has 0 aliphatic heterocycles. The minimum Gasteiger partial charge on any atom is -0.384 e. The van der Waals surface area contributed by atoms with E-state index in [0.29, 0.717) is 11.4 Å². The second-order valence-electron chi connectivity index (χ2n) is 4.94. The van der Waals surface area contributed by atoms with Gasteiger partial charge in [-0.15, -0.1) is 0 Å². The number of hydrogen-bond donors (Lipinski definition) is 1. The van der Waals surface area contributed by atoms with Crippen LogP contribution in [0, 0.1) is 0 Å². The number of carbonyl (C=O) groups is 1. The lowest BCUT2D eigenvalue weighted by Crippen LogP contribution is -2.26. The number of nitrogen functional groups attached to an aromatic ring is 1. The van der Waals surface area contributed by atoms with Gasteiger partial charge in [0.05, 0.1) is 11.9 Å². The van der Waals surface area contributed by atoms with Gasteiger partial charge in [-0.1, -0.05) is 13.8 Å². The lowest BCUT2D eigenvalue weighted by atomic mass is 10.1. The Labute approximate surface area is 118 Å². The van der Waals surface area contributed by atoms with E-state index in [-0.39, 0.29) is 11.8 Å². The Morgan fingerprint density at radius 3 is 2.70 bits per heavy atom. The molecule has 2 aromatic rings. The summed E-state index contributed by atoms with van der Waals surface area (Å²) in [5, 5.41) is 0. The molecule has 1 amide bonds. The van der Waals surface area contributed by atoms with Crippen LogP contribution in [0.2, 0.25) is 0 Å². The van der Waals surface area contributed by atoms with Gasteiger partial charge < -0.3 is 10.6 Å². The van der Waals surface area contributed by atoms with Gasteiger partial charge in [0, 0.05) is 24.5 Å². The van der Waals surface area contributed by atoms with Crippen molar-refractivity contribution < 1.29 is 4.79 Å². The Balaban J connectivity index is 2.34. The van der Waals surface area contributed by atoms with Crippen LogP contribution in [0.25, 0.3) is 0 Å². The number of hydrogen-bond acceptors (Lipinski definition) is 4. The standard InChI is InChI=1S/C15H18N4O/c1-10(2)13-7-11(8-14(16)18-13)15(20)19(3)12-5-4-6-17-9-12/h4-10H,1-3H3,(H2,16,18). The third kappa shape index (κ3) is 2.93. The smallest absolute Gasteiger partial charge is 0.258 e. The summed E-state index contributed by atoms with van der Waals surface area (Å²) in [6, 6.07) is 7.01. The zero-order valence-electron chi connectivity index (χ0n) is 11.9. The Bertz CT molecular complexity index is 611. The lowest BCUT2D eigenvalue weighted by Gasteiger charge is -2.18. The van der Waals surface area contributed by atoms with Crippen molar-refractivity contribution in [3.05, 3.63) is 47.9 Å². The molecule has 2 aromatic heterocycles. The van der Waals surface area contributed by atoms with E-state index in [1.165, 1.54) is 0 Å². The van der Waals surface area contributed by atoms with E-state index in [2.05, 4.69) is 9.97 Å². The molecule has 0 saturated heterocycles. The summed E-state index contributed by atoms with van der Waals surface area (Å²) in [7, 11) is 1.71. The lowest BCUT2D eigenvalue weighted by molar-refractivity contribution is 0.0992. The normalized spacial score (nSPS) is 10.6. The summed E-state index contributed by atoms with van der Waals surface area (Å²) < 4.78 is 0. The summed E-state index contributed by atoms with van der Waals surface area (Å²) in [4.78, 5) is 22.3. The van der Waals surface area contributed by atoms with Crippen molar-refractivity contribution >= 4 is 17.4 Å². The van der Waals surface area contributed by atoms with E-state index >= 15 is 0 Å². The van der Waals surface area contributed by atoms with Gasteiger partial charge in [-0.05, 0) is 30.2 Å². The molecular weight excluding hydrogens is 252 g/mol. The average molecular weight is 270 g/mol. The molecule has 2 heterocycles. The molecule has 0 aromatic carbocycles. The summed E-state index contributed by atoms with van der Waals surface area (Å²) >= 11 is 0. The molecule has 104 valence electrons. The molecule has 0 aliphatic rings. The van der Waals surface area contributed by atoms with Gasteiger partial charge in [0.2, 0.25) is 0 Å². The third-order valence-electron chi connectivity index (χ3n) is 3.04. The Morgan fingerprint density at radius 2 is 2.10 bits per heavy atom. The second kappa shape index (κ2) is 5.69. The van der Waals surface area contributed by atoms with Crippen molar-refractivity contribution in [3.8, 4) is 0 Å². The molecule has 0 saturated carbocycles. The van der Waals surface area contributed by atoms with Gasteiger partial charge in [0.15, 0.2) is 0 Å². The van der Waals surface area contributed by atoms with Crippen molar-refractivity contribution in [2.45, 2.75) is 19.8 Å². The molecular formula is C15H18N4O. The van der Waals surface area contributed by atoms with Crippen LogP contribution in [0.15, 0.2) is 36.7 Å². The van der Waals surface area contributed by atoms with Crippen LogP contribution in [0.1, 0.15) is 35.8 Å². The predicted octanol–water partition coefficient (Wildman–Crippen LogP) is 2.46. The summed E-state index contributed by atoms with van der Waals surface area (Å²) in [5.74, 6) is 0.446. The maximum absolute atomic E-state index is 12.5. The van der Waals surface area contributed by atoms with Crippen LogP contribution in [0.3, 0.4) is 0 Å². The number of anilines is 2. The van der Waals surface area contributed by atoms with Crippen molar-refractivity contribution in [3.63, 3.8) is 0 Å². The molecule has 2 N–H and O–H groups in total. The molecule has 0 spiro atoms. The van der Waals surface area contributed by atoms with Crippen molar-refractivity contribution in [2.24, 2.45) is 0 Å². The molecule has 0 radical (unpaired) electrons. The highest BCUT2D eigenvalue weighted by Gasteiger charge is 2.16. The minimum absolute atomic E-state index is 0.131. The average Bonchev–Trinajstić information content (AvgIpc) is 2.46. The first kappa shape index (κ1) is 14.0. The molecule has 5 heteroatoms. The highest BCUT2D eigenvalue weighted by atomic mass is 16.2. The summed E-state index contributed by atoms with van der Waals surface area (Å²) in [5.41, 5.74) is 7.86. The number of pyridine rings is 2. The highest BCUT2D eigenvalue weighted by molar-refractivity contribution is 6.06. The quantitative estimate of drug-likeness (QED) is 0.929. The Hall–Kier alpha value is -2.43. The summed E-state index contributed by atoms with van der Waals surface area (Å²) in [6.07, 6.45) is 3.31. The largest absolute Gasteiger partial charge is 0.384 e. The highest BCUT2D eigenvalue weighted by Crippen LogP contribution is 2.19. The molecule has 0 atom stereocenters. The van der Waals surface area contributed by atoms with E-state index in [9.17, 15) is 4.79 Å². The number of rotatable bonds is 3. The summed E-state index contributed by atoms with van der Waals surface area (Å²) in [6.45, 7) is 4.03. The van der Waals surface area contributed by atoms with Gasteiger partial charge in [0.1, 0.15) is 5.82 Å². The number of carbonyl (C=O) groups excluding carboxylic acids is 1. The predicted molar refractivity (Wildman–Crippen MR) is 79.7 cm³/mol. The number of nitrogens with two attached hydrogens (primary N) is 1. The molecule has 5 nitrogen and oxygen atoms in total. The fraction of sp³-hybridized carbons (Fsp3) is 0.267. The number of aromatic nitrogens is 2. The van der Waals surface area contributed by atoms with Crippen LogP contribution in [0.5, 0.6) is 0 Å². The van der Waals surface area contributed by atoms with Crippen LogP contribution < -0.4 is 10.6 Å². The van der Waals surface area contributed by atoms with Gasteiger partial charge >= 0.3 is 0 Å². The third-order valence-corrected chi connectivity index (χ3v) is 3.04. The Morgan fingerprint density at radius 1 is 1.35 bits per heavy atom. The minimum atomic E-state index is -0.131. The zero-order chi connectivity index (χ0) is 14.7. The van der Waals surface area contributed by atoms with Gasteiger partial charge in [-0.2, -0.15) is 0 Å². The van der Waals surface area contributed by atoms with Crippen LogP contribution >= 0.6 is 0 Å². The Kier molecular flexibility index (Phi) is 3.98. The van der Waals surface area contributed by atoms with Crippen molar-refractivity contribution in [1.29, 1.82) is 0 Å². The van der Waals surface area contributed by atoms with E-state index in [1.54, 1.807) is 42.5 Å². The van der Waals surface area contributed by atoms with E-state index < -0.39 is 0 Å². The fourth-order valence-corrected chi connectivity index (χ4v) is 1.86. The van der Waals surface area contributed by atoms with Crippen LogP contribution in [-0.2, 0) is 0 Å². The van der Waals surface area contributed by atoms with Gasteiger partial charge in [-0.3, -0.25) is 9.78 Å². The number of nitrogens with zero attached hydrogens (tertiary/aromatic N) is 3. The van der Waals surface area contributed by atoms with E-state index in [0.717, 1.165) is 11.4 Å². The topological polar surface area (TPSA) is 72.1 Å². The SMILES string of the molecule is CC(C)c1cc(C(=O)N(C)c2cccnc2)cc(N)n1. The van der Waals surface area contributed by atoms with Crippen molar-refractivity contribution in [1.82, 2.24) is 9.97 Å². The zero-order valence-corrected chi connectivity index (χ0v) is 11.9. The van der Waals surface area contributed by atoms with Crippen molar-refractivity contribution in [2.75, 3.05) is 17.7 Å². The molecule has 20 heavy (non-hydrogen) atoms. The number of amides is 1. The first-order valence-electron chi connectivity index (χ1n) is 6.44. The fourth-order valence-electron chi connectivity index (χ4n) is 1.86. The van der Waals surface area contributed by atoms with Crippen LogP contribution in [-0.4, -0.2) is 22.9 Å². The van der Waals surface area contributed by atoms with Crippen LogP contribution in [0.4, 0.5) is 11.5 Å². The molecule has 0 fully saturated rings. The molecule has 0 unspecified atom stereocenters.